The standard InChI is InChI=1S/C15H19NO2/c1-11-5-3-6-13(9-11)12(2)16-10-14(17)15-7-4-8-18-15/h3-9,12,14,16-17H,10H2,1-2H3. The highest BCUT2D eigenvalue weighted by Gasteiger charge is 2.12. The van der Waals surface area contributed by atoms with Gasteiger partial charge in [-0.05, 0) is 31.5 Å². The van der Waals surface area contributed by atoms with E-state index in [4.69, 9.17) is 4.42 Å². The number of furan rings is 1. The van der Waals surface area contributed by atoms with Gasteiger partial charge in [-0.25, -0.2) is 0 Å². The zero-order valence-electron chi connectivity index (χ0n) is 10.8. The second-order valence-corrected chi connectivity index (χ2v) is 4.58. The van der Waals surface area contributed by atoms with Gasteiger partial charge in [0, 0.05) is 12.6 Å². The Morgan fingerprint density at radius 2 is 2.11 bits per heavy atom. The summed E-state index contributed by atoms with van der Waals surface area (Å²) in [5.41, 5.74) is 2.47. The summed E-state index contributed by atoms with van der Waals surface area (Å²) in [6.07, 6.45) is 0.968. The molecule has 1 aromatic heterocycles. The van der Waals surface area contributed by atoms with Crippen LogP contribution < -0.4 is 5.32 Å². The first-order valence-corrected chi connectivity index (χ1v) is 6.18. The molecule has 0 radical (unpaired) electrons. The summed E-state index contributed by atoms with van der Waals surface area (Å²) in [7, 11) is 0. The Balaban J connectivity index is 1.90. The van der Waals surface area contributed by atoms with Crippen LogP contribution in [0.25, 0.3) is 0 Å². The molecule has 0 saturated carbocycles. The van der Waals surface area contributed by atoms with Crippen LogP contribution in [0.3, 0.4) is 0 Å². The van der Waals surface area contributed by atoms with Crippen LogP contribution in [0.4, 0.5) is 0 Å². The Labute approximate surface area is 107 Å². The normalized spacial score (nSPS) is 14.4. The third-order valence-corrected chi connectivity index (χ3v) is 3.03. The monoisotopic (exact) mass is 245 g/mol. The van der Waals surface area contributed by atoms with Crippen molar-refractivity contribution in [3.8, 4) is 0 Å². The molecule has 2 aromatic rings. The van der Waals surface area contributed by atoms with Gasteiger partial charge in [0.25, 0.3) is 0 Å². The number of aliphatic hydroxyl groups is 1. The average Bonchev–Trinajstić information content (AvgIpc) is 2.89. The molecule has 0 aliphatic rings. The van der Waals surface area contributed by atoms with Gasteiger partial charge in [0.1, 0.15) is 11.9 Å². The van der Waals surface area contributed by atoms with Crippen molar-refractivity contribution in [3.05, 3.63) is 59.5 Å². The summed E-state index contributed by atoms with van der Waals surface area (Å²) in [5, 5.41) is 13.2. The first-order chi connectivity index (χ1) is 8.66. The van der Waals surface area contributed by atoms with Crippen LogP contribution in [-0.4, -0.2) is 11.7 Å². The van der Waals surface area contributed by atoms with Crippen molar-refractivity contribution in [1.29, 1.82) is 0 Å². The van der Waals surface area contributed by atoms with Crippen molar-refractivity contribution in [2.45, 2.75) is 26.0 Å². The molecule has 2 unspecified atom stereocenters. The second-order valence-electron chi connectivity index (χ2n) is 4.58. The average molecular weight is 245 g/mol. The lowest BCUT2D eigenvalue weighted by Gasteiger charge is -2.16. The molecule has 1 heterocycles. The van der Waals surface area contributed by atoms with Crippen molar-refractivity contribution in [2.24, 2.45) is 0 Å². The van der Waals surface area contributed by atoms with Gasteiger partial charge in [-0.2, -0.15) is 0 Å². The fourth-order valence-electron chi connectivity index (χ4n) is 1.93. The Kier molecular flexibility index (Phi) is 4.18. The Hall–Kier alpha value is -1.58. The van der Waals surface area contributed by atoms with Crippen molar-refractivity contribution >= 4 is 0 Å². The number of aryl methyl sites for hydroxylation is 1. The van der Waals surface area contributed by atoms with E-state index in [2.05, 4.69) is 37.4 Å². The molecular formula is C15H19NO2. The Morgan fingerprint density at radius 1 is 1.28 bits per heavy atom. The summed E-state index contributed by atoms with van der Waals surface area (Å²) in [6, 6.07) is 12.1. The minimum absolute atomic E-state index is 0.203. The number of hydrogen-bond donors (Lipinski definition) is 2. The van der Waals surface area contributed by atoms with Crippen LogP contribution in [0, 0.1) is 6.92 Å². The molecule has 0 aliphatic heterocycles. The zero-order valence-corrected chi connectivity index (χ0v) is 10.8. The fourth-order valence-corrected chi connectivity index (χ4v) is 1.93. The van der Waals surface area contributed by atoms with Gasteiger partial charge in [-0.15, -0.1) is 0 Å². The van der Waals surface area contributed by atoms with Crippen molar-refractivity contribution < 1.29 is 9.52 Å². The minimum atomic E-state index is -0.604. The van der Waals surface area contributed by atoms with Gasteiger partial charge in [-0.3, -0.25) is 0 Å². The molecule has 2 N–H and O–H groups in total. The molecule has 0 fully saturated rings. The molecule has 96 valence electrons. The molecule has 0 spiro atoms. The highest BCUT2D eigenvalue weighted by Crippen LogP contribution is 2.16. The summed E-state index contributed by atoms with van der Waals surface area (Å²) in [4.78, 5) is 0. The third-order valence-electron chi connectivity index (χ3n) is 3.03. The molecule has 2 rings (SSSR count). The Bertz CT molecular complexity index is 479. The molecule has 1 aromatic carbocycles. The number of rotatable bonds is 5. The van der Waals surface area contributed by atoms with Crippen LogP contribution in [0.1, 0.15) is 36.0 Å². The third kappa shape index (κ3) is 3.22. The Morgan fingerprint density at radius 3 is 2.78 bits per heavy atom. The van der Waals surface area contributed by atoms with Crippen LogP contribution in [0.2, 0.25) is 0 Å². The smallest absolute Gasteiger partial charge is 0.133 e. The van der Waals surface area contributed by atoms with Gasteiger partial charge in [0.05, 0.1) is 6.26 Å². The maximum absolute atomic E-state index is 9.90. The van der Waals surface area contributed by atoms with E-state index in [-0.39, 0.29) is 6.04 Å². The van der Waals surface area contributed by atoms with E-state index in [9.17, 15) is 5.11 Å². The SMILES string of the molecule is Cc1cccc(C(C)NCC(O)c2ccco2)c1. The van der Waals surface area contributed by atoms with Gasteiger partial charge in [0.15, 0.2) is 0 Å². The molecular weight excluding hydrogens is 226 g/mol. The molecule has 2 atom stereocenters. The summed E-state index contributed by atoms with van der Waals surface area (Å²) in [5.74, 6) is 0.596. The van der Waals surface area contributed by atoms with E-state index >= 15 is 0 Å². The summed E-state index contributed by atoms with van der Waals surface area (Å²) in [6.45, 7) is 4.64. The highest BCUT2D eigenvalue weighted by molar-refractivity contribution is 5.24. The maximum Gasteiger partial charge on any atom is 0.133 e. The van der Waals surface area contributed by atoms with E-state index in [0.29, 0.717) is 12.3 Å². The first-order valence-electron chi connectivity index (χ1n) is 6.18. The maximum atomic E-state index is 9.90. The van der Waals surface area contributed by atoms with Gasteiger partial charge in [-0.1, -0.05) is 29.8 Å². The van der Waals surface area contributed by atoms with E-state index in [1.165, 1.54) is 11.1 Å². The van der Waals surface area contributed by atoms with Crippen LogP contribution >= 0.6 is 0 Å². The lowest BCUT2D eigenvalue weighted by atomic mass is 10.1. The quantitative estimate of drug-likeness (QED) is 0.851. The van der Waals surface area contributed by atoms with Gasteiger partial charge >= 0.3 is 0 Å². The van der Waals surface area contributed by atoms with E-state index in [0.717, 1.165) is 0 Å². The zero-order chi connectivity index (χ0) is 13.0. The lowest BCUT2D eigenvalue weighted by Crippen LogP contribution is -2.24. The molecule has 0 amide bonds. The van der Waals surface area contributed by atoms with Gasteiger partial charge < -0.3 is 14.8 Å². The molecule has 3 nitrogen and oxygen atoms in total. The lowest BCUT2D eigenvalue weighted by molar-refractivity contribution is 0.144. The number of hydrogen-bond acceptors (Lipinski definition) is 3. The van der Waals surface area contributed by atoms with Crippen LogP contribution in [-0.2, 0) is 0 Å². The molecule has 3 heteroatoms. The molecule has 0 aliphatic carbocycles. The second kappa shape index (κ2) is 5.85. The topological polar surface area (TPSA) is 45.4 Å². The summed E-state index contributed by atoms with van der Waals surface area (Å²) < 4.78 is 5.16. The van der Waals surface area contributed by atoms with Crippen LogP contribution in [0.15, 0.2) is 47.1 Å². The van der Waals surface area contributed by atoms with Crippen LogP contribution in [0.5, 0.6) is 0 Å². The predicted molar refractivity (Wildman–Crippen MR) is 71.3 cm³/mol. The van der Waals surface area contributed by atoms with E-state index < -0.39 is 6.10 Å². The number of aliphatic hydroxyl groups excluding tert-OH is 1. The first kappa shape index (κ1) is 12.9. The van der Waals surface area contributed by atoms with E-state index in [1.807, 2.05) is 6.07 Å². The van der Waals surface area contributed by atoms with Crippen molar-refractivity contribution in [2.75, 3.05) is 6.54 Å². The number of nitrogens with one attached hydrogen (secondary N) is 1. The highest BCUT2D eigenvalue weighted by atomic mass is 16.4. The van der Waals surface area contributed by atoms with Gasteiger partial charge in [0.2, 0.25) is 0 Å². The molecule has 0 saturated heterocycles. The predicted octanol–water partition coefficient (Wildman–Crippen LogP) is 2.97. The fraction of sp³-hybridized carbons (Fsp3) is 0.333. The van der Waals surface area contributed by atoms with Crippen molar-refractivity contribution in [1.82, 2.24) is 5.32 Å². The summed E-state index contributed by atoms with van der Waals surface area (Å²) >= 11 is 0. The minimum Gasteiger partial charge on any atom is -0.467 e. The molecule has 18 heavy (non-hydrogen) atoms. The number of benzene rings is 1. The largest absolute Gasteiger partial charge is 0.467 e. The van der Waals surface area contributed by atoms with E-state index in [1.54, 1.807) is 18.4 Å². The molecule has 0 bridgehead atoms. The van der Waals surface area contributed by atoms with Crippen molar-refractivity contribution in [3.63, 3.8) is 0 Å².